The molecule has 1 unspecified atom stereocenters. The van der Waals surface area contributed by atoms with E-state index < -0.39 is 11.5 Å². The lowest BCUT2D eigenvalue weighted by atomic mass is 9.94. The van der Waals surface area contributed by atoms with Gasteiger partial charge in [0.2, 0.25) is 5.54 Å². The highest BCUT2D eigenvalue weighted by Gasteiger charge is 2.40. The van der Waals surface area contributed by atoms with Crippen LogP contribution in [-0.4, -0.2) is 18.1 Å². The molecule has 0 spiro atoms. The van der Waals surface area contributed by atoms with Gasteiger partial charge >= 0.3 is 5.97 Å². The first-order chi connectivity index (χ1) is 8.22. The first-order valence-corrected chi connectivity index (χ1v) is 5.37. The molecule has 0 bridgehead atoms. The number of nitrogens with one attached hydrogen (secondary N) is 1. The summed E-state index contributed by atoms with van der Waals surface area (Å²) in [5.41, 5.74) is 0.289. The van der Waals surface area contributed by atoms with Crippen LogP contribution in [0.3, 0.4) is 0 Å². The van der Waals surface area contributed by atoms with Crippen LogP contribution >= 0.6 is 0 Å². The fourth-order valence-corrected chi connectivity index (χ4v) is 1.70. The Kier molecular flexibility index (Phi) is 2.84. The van der Waals surface area contributed by atoms with Crippen LogP contribution in [0.15, 0.2) is 30.3 Å². The normalized spacial score (nSPS) is 20.9. The molecule has 0 radical (unpaired) electrons. The molecule has 86 valence electrons. The van der Waals surface area contributed by atoms with E-state index in [-0.39, 0.29) is 6.61 Å². The summed E-state index contributed by atoms with van der Waals surface area (Å²) in [6.45, 7) is 1.96. The maximum atomic E-state index is 11.8. The molecule has 0 saturated carbocycles. The number of hydrogen-bond donors (Lipinski definition) is 1. The van der Waals surface area contributed by atoms with Gasteiger partial charge in [-0.3, -0.25) is 0 Å². The van der Waals surface area contributed by atoms with E-state index in [2.05, 4.69) is 5.32 Å². The standard InChI is InChI=1S/C13H12N2O2/c1-2-17-12(16)13(9-14)8-7-10-5-3-4-6-11(10)15-13/h3-8,15H,2H2,1H3. The fourth-order valence-electron chi connectivity index (χ4n) is 1.70. The van der Waals surface area contributed by atoms with Crippen molar-refractivity contribution in [2.75, 3.05) is 11.9 Å². The van der Waals surface area contributed by atoms with Gasteiger partial charge in [0.15, 0.2) is 0 Å². The van der Waals surface area contributed by atoms with Gasteiger partial charge in [-0.15, -0.1) is 0 Å². The number of esters is 1. The van der Waals surface area contributed by atoms with E-state index in [1.165, 1.54) is 6.08 Å². The first kappa shape index (κ1) is 11.2. The quantitative estimate of drug-likeness (QED) is 0.786. The summed E-state index contributed by atoms with van der Waals surface area (Å²) in [5.74, 6) is -0.576. The van der Waals surface area contributed by atoms with Crippen LogP contribution in [0, 0.1) is 11.3 Å². The monoisotopic (exact) mass is 228 g/mol. The number of para-hydroxylation sites is 1. The molecule has 4 heteroatoms. The molecule has 0 fully saturated rings. The molecule has 1 aliphatic heterocycles. The molecule has 1 aliphatic rings. The molecular weight excluding hydrogens is 216 g/mol. The van der Waals surface area contributed by atoms with Crippen molar-refractivity contribution in [1.29, 1.82) is 5.26 Å². The molecule has 4 nitrogen and oxygen atoms in total. The molecule has 0 aromatic heterocycles. The fraction of sp³-hybridized carbons (Fsp3) is 0.231. The summed E-state index contributed by atoms with van der Waals surface area (Å²) in [6, 6.07) is 9.44. The Hall–Kier alpha value is -2.28. The van der Waals surface area contributed by atoms with Crippen LogP contribution in [0.5, 0.6) is 0 Å². The predicted molar refractivity (Wildman–Crippen MR) is 64.1 cm³/mol. The molecule has 1 N–H and O–H groups in total. The second-order valence-corrected chi connectivity index (χ2v) is 3.69. The third-order valence-electron chi connectivity index (χ3n) is 2.58. The van der Waals surface area contributed by atoms with Gasteiger partial charge in [0.05, 0.1) is 6.61 Å². The molecular formula is C13H12N2O2. The Bertz CT molecular complexity index is 516. The molecule has 17 heavy (non-hydrogen) atoms. The van der Waals surface area contributed by atoms with E-state index in [9.17, 15) is 10.1 Å². The number of ether oxygens (including phenoxy) is 1. The maximum Gasteiger partial charge on any atom is 0.350 e. The van der Waals surface area contributed by atoms with Gasteiger partial charge in [-0.05, 0) is 24.6 Å². The number of fused-ring (bicyclic) bond motifs is 1. The Morgan fingerprint density at radius 2 is 2.29 bits per heavy atom. The maximum absolute atomic E-state index is 11.8. The van der Waals surface area contributed by atoms with Gasteiger partial charge in [-0.25, -0.2) is 4.79 Å². The number of anilines is 1. The van der Waals surface area contributed by atoms with Crippen molar-refractivity contribution in [3.63, 3.8) is 0 Å². The number of carbonyl (C=O) groups excluding carboxylic acids is 1. The minimum atomic E-state index is -1.41. The van der Waals surface area contributed by atoms with Gasteiger partial charge in [0, 0.05) is 5.69 Å². The molecule has 1 heterocycles. The molecule has 0 saturated heterocycles. The average molecular weight is 228 g/mol. The van der Waals surface area contributed by atoms with Gasteiger partial charge in [0.25, 0.3) is 0 Å². The average Bonchev–Trinajstić information content (AvgIpc) is 2.38. The molecule has 0 aliphatic carbocycles. The molecule has 1 atom stereocenters. The second-order valence-electron chi connectivity index (χ2n) is 3.69. The van der Waals surface area contributed by atoms with E-state index in [0.29, 0.717) is 0 Å². The highest BCUT2D eigenvalue weighted by molar-refractivity contribution is 5.95. The SMILES string of the molecule is CCOC(=O)C1(C#N)C=Cc2ccccc2N1. The highest BCUT2D eigenvalue weighted by atomic mass is 16.5. The van der Waals surface area contributed by atoms with E-state index in [0.717, 1.165) is 11.3 Å². The van der Waals surface area contributed by atoms with E-state index in [1.54, 1.807) is 13.0 Å². The zero-order valence-electron chi connectivity index (χ0n) is 9.43. The zero-order valence-corrected chi connectivity index (χ0v) is 9.43. The summed E-state index contributed by atoms with van der Waals surface area (Å²) in [5, 5.41) is 12.1. The minimum Gasteiger partial charge on any atom is -0.463 e. The Morgan fingerprint density at radius 1 is 1.53 bits per heavy atom. The summed E-state index contributed by atoms with van der Waals surface area (Å²) in [7, 11) is 0. The van der Waals surface area contributed by atoms with Crippen molar-refractivity contribution in [2.24, 2.45) is 0 Å². The first-order valence-electron chi connectivity index (χ1n) is 5.37. The zero-order chi connectivity index (χ0) is 12.3. The number of rotatable bonds is 2. The Labute approximate surface area is 99.5 Å². The lowest BCUT2D eigenvalue weighted by Gasteiger charge is -2.27. The number of carbonyl (C=O) groups is 1. The number of nitriles is 1. The minimum absolute atomic E-state index is 0.249. The summed E-state index contributed by atoms with van der Waals surface area (Å²) >= 11 is 0. The Morgan fingerprint density at radius 3 is 3.00 bits per heavy atom. The summed E-state index contributed by atoms with van der Waals surface area (Å²) in [4.78, 5) is 11.8. The molecule has 2 rings (SSSR count). The van der Waals surface area contributed by atoms with Crippen LogP contribution < -0.4 is 5.32 Å². The van der Waals surface area contributed by atoms with Crippen molar-refractivity contribution in [3.05, 3.63) is 35.9 Å². The van der Waals surface area contributed by atoms with Crippen LogP contribution in [0.25, 0.3) is 6.08 Å². The van der Waals surface area contributed by atoms with Crippen molar-refractivity contribution >= 4 is 17.7 Å². The van der Waals surface area contributed by atoms with Crippen LogP contribution in [0.4, 0.5) is 5.69 Å². The van der Waals surface area contributed by atoms with Crippen molar-refractivity contribution < 1.29 is 9.53 Å². The lowest BCUT2D eigenvalue weighted by molar-refractivity contribution is -0.145. The van der Waals surface area contributed by atoms with Gasteiger partial charge in [-0.2, -0.15) is 5.26 Å². The van der Waals surface area contributed by atoms with Crippen molar-refractivity contribution in [2.45, 2.75) is 12.5 Å². The van der Waals surface area contributed by atoms with Crippen LogP contribution in [0.1, 0.15) is 12.5 Å². The lowest BCUT2D eigenvalue weighted by Crippen LogP contribution is -2.45. The van der Waals surface area contributed by atoms with Crippen LogP contribution in [-0.2, 0) is 9.53 Å². The predicted octanol–water partition coefficient (Wildman–Crippen LogP) is 1.95. The van der Waals surface area contributed by atoms with E-state index >= 15 is 0 Å². The molecule has 0 amide bonds. The third-order valence-corrected chi connectivity index (χ3v) is 2.58. The van der Waals surface area contributed by atoms with Gasteiger partial charge in [-0.1, -0.05) is 24.3 Å². The topological polar surface area (TPSA) is 62.1 Å². The van der Waals surface area contributed by atoms with E-state index in [4.69, 9.17) is 4.74 Å². The number of nitrogens with zero attached hydrogens (tertiary/aromatic N) is 1. The van der Waals surface area contributed by atoms with E-state index in [1.807, 2.05) is 30.3 Å². The van der Waals surface area contributed by atoms with Gasteiger partial charge in [0.1, 0.15) is 6.07 Å². The smallest absolute Gasteiger partial charge is 0.350 e. The summed E-state index contributed by atoms with van der Waals surface area (Å²) in [6.07, 6.45) is 3.29. The molecule has 1 aromatic rings. The van der Waals surface area contributed by atoms with Gasteiger partial charge < -0.3 is 10.1 Å². The van der Waals surface area contributed by atoms with Crippen molar-refractivity contribution in [3.8, 4) is 6.07 Å². The largest absolute Gasteiger partial charge is 0.463 e. The van der Waals surface area contributed by atoms with Crippen molar-refractivity contribution in [1.82, 2.24) is 0 Å². The highest BCUT2D eigenvalue weighted by Crippen LogP contribution is 2.28. The number of benzene rings is 1. The Balaban J connectivity index is 2.37. The number of hydrogen-bond acceptors (Lipinski definition) is 4. The third kappa shape index (κ3) is 1.87. The molecule has 1 aromatic carbocycles. The second kappa shape index (κ2) is 4.30. The summed E-state index contributed by atoms with van der Waals surface area (Å²) < 4.78 is 4.92. The van der Waals surface area contributed by atoms with Crippen LogP contribution in [0.2, 0.25) is 0 Å².